The van der Waals surface area contributed by atoms with Crippen molar-refractivity contribution in [2.24, 2.45) is 10.9 Å². The fraction of sp³-hybridized carbons (Fsp3) is 0.200. The number of fused-ring (bicyclic) bond motifs is 1. The molecule has 0 heterocycles. The minimum Gasteiger partial charge on any atom is -0.399 e. The van der Waals surface area contributed by atoms with E-state index in [1.165, 1.54) is 7.11 Å². The molecule has 0 spiro atoms. The van der Waals surface area contributed by atoms with Crippen molar-refractivity contribution in [1.82, 2.24) is 0 Å². The van der Waals surface area contributed by atoms with E-state index in [-0.39, 0.29) is 0 Å². The smallest absolute Gasteiger partial charge is 0.249 e. The number of nitrogens with two attached hydrogens (primary N) is 1. The van der Waals surface area contributed by atoms with Crippen LogP contribution in [0.25, 0.3) is 10.8 Å². The Morgan fingerprint density at radius 3 is 2.68 bits per heavy atom. The molecule has 2 rings (SSSR count). The van der Waals surface area contributed by atoms with Crippen LogP contribution in [0.15, 0.2) is 41.6 Å². The van der Waals surface area contributed by atoms with E-state index in [9.17, 15) is 4.79 Å². The summed E-state index contributed by atoms with van der Waals surface area (Å²) in [7, 11) is 1.50. The second-order valence-corrected chi connectivity index (χ2v) is 4.37. The van der Waals surface area contributed by atoms with Gasteiger partial charge in [0.2, 0.25) is 5.91 Å². The lowest BCUT2D eigenvalue weighted by Crippen LogP contribution is -2.15. The molecule has 19 heavy (non-hydrogen) atoms. The Labute approximate surface area is 111 Å². The third-order valence-electron chi connectivity index (χ3n) is 2.96. The summed E-state index contributed by atoms with van der Waals surface area (Å²) in [4.78, 5) is 16.5. The number of hydrogen-bond donors (Lipinski definition) is 1. The molecule has 2 aromatic rings. The summed E-state index contributed by atoms with van der Waals surface area (Å²) in [5, 5.41) is 5.74. The van der Waals surface area contributed by atoms with Crippen molar-refractivity contribution in [3.05, 3.63) is 47.5 Å². The fourth-order valence-electron chi connectivity index (χ4n) is 2.22. The molecule has 0 saturated carbocycles. The van der Waals surface area contributed by atoms with Crippen LogP contribution in [-0.4, -0.2) is 18.7 Å². The Hall–Kier alpha value is -2.36. The molecule has 0 fully saturated rings. The highest BCUT2D eigenvalue weighted by Crippen LogP contribution is 2.23. The highest BCUT2D eigenvalue weighted by Gasteiger charge is 2.13. The second-order valence-electron chi connectivity index (χ2n) is 4.37. The average molecular weight is 256 g/mol. The topological polar surface area (TPSA) is 64.7 Å². The Morgan fingerprint density at radius 2 is 2.00 bits per heavy atom. The second kappa shape index (κ2) is 5.52. The van der Waals surface area contributed by atoms with E-state index >= 15 is 0 Å². The summed E-state index contributed by atoms with van der Waals surface area (Å²) in [6.07, 6.45) is 0.539. The molecule has 2 aromatic carbocycles. The van der Waals surface area contributed by atoms with Crippen LogP contribution in [0.3, 0.4) is 0 Å². The van der Waals surface area contributed by atoms with E-state index in [1.807, 2.05) is 43.3 Å². The molecule has 0 bridgehead atoms. The Bertz CT molecular complexity index is 648. The number of carbonyl (C=O) groups is 1. The zero-order valence-corrected chi connectivity index (χ0v) is 11.0. The van der Waals surface area contributed by atoms with E-state index in [0.29, 0.717) is 12.0 Å². The lowest BCUT2D eigenvalue weighted by Gasteiger charge is -2.10. The Morgan fingerprint density at radius 1 is 1.26 bits per heavy atom. The fourth-order valence-corrected chi connectivity index (χ4v) is 2.22. The number of amides is 1. The van der Waals surface area contributed by atoms with Crippen LogP contribution >= 0.6 is 0 Å². The van der Waals surface area contributed by atoms with Crippen molar-refractivity contribution in [2.75, 3.05) is 7.11 Å². The first-order chi connectivity index (χ1) is 9.13. The van der Waals surface area contributed by atoms with Crippen LogP contribution in [0.1, 0.15) is 22.8 Å². The Balaban J connectivity index is 2.58. The van der Waals surface area contributed by atoms with Crippen LogP contribution in [0.4, 0.5) is 0 Å². The molecule has 0 atom stereocenters. The van der Waals surface area contributed by atoms with Crippen molar-refractivity contribution in [2.45, 2.75) is 13.3 Å². The highest BCUT2D eigenvalue weighted by atomic mass is 16.6. The van der Waals surface area contributed by atoms with Crippen molar-refractivity contribution < 1.29 is 9.63 Å². The predicted molar refractivity (Wildman–Crippen MR) is 76.3 cm³/mol. The van der Waals surface area contributed by atoms with Gasteiger partial charge in [-0.2, -0.15) is 0 Å². The first-order valence-corrected chi connectivity index (χ1v) is 6.00. The first-order valence-electron chi connectivity index (χ1n) is 6.00. The molecule has 1 amide bonds. The number of primary amides is 1. The lowest BCUT2D eigenvalue weighted by molar-refractivity contribution is 0.100. The van der Waals surface area contributed by atoms with E-state index in [2.05, 4.69) is 5.16 Å². The maximum atomic E-state index is 11.7. The molecule has 98 valence electrons. The van der Waals surface area contributed by atoms with Crippen molar-refractivity contribution in [3.8, 4) is 0 Å². The van der Waals surface area contributed by atoms with Gasteiger partial charge in [-0.3, -0.25) is 4.79 Å². The van der Waals surface area contributed by atoms with E-state index < -0.39 is 5.91 Å². The van der Waals surface area contributed by atoms with Gasteiger partial charge in [-0.05, 0) is 23.3 Å². The standard InChI is InChI=1S/C15H16N2O2/c1-10(17-19-2)9-12-8-7-11-5-3-4-6-13(11)14(12)15(16)18/h3-8H,9H2,1-2H3,(H2,16,18). The van der Waals surface area contributed by atoms with Crippen LogP contribution in [-0.2, 0) is 11.3 Å². The average Bonchev–Trinajstić information content (AvgIpc) is 2.38. The van der Waals surface area contributed by atoms with Crippen LogP contribution in [0.5, 0.6) is 0 Å². The van der Waals surface area contributed by atoms with Gasteiger partial charge >= 0.3 is 0 Å². The molecule has 4 heteroatoms. The number of oxime groups is 1. The minimum atomic E-state index is -0.419. The summed E-state index contributed by atoms with van der Waals surface area (Å²) in [6, 6.07) is 11.6. The number of nitrogens with zero attached hydrogens (tertiary/aromatic N) is 1. The van der Waals surface area contributed by atoms with Gasteiger partial charge in [0.25, 0.3) is 0 Å². The minimum absolute atomic E-state index is 0.419. The van der Waals surface area contributed by atoms with Gasteiger partial charge in [0, 0.05) is 6.42 Å². The monoisotopic (exact) mass is 256 g/mol. The third-order valence-corrected chi connectivity index (χ3v) is 2.96. The summed E-state index contributed by atoms with van der Waals surface area (Å²) in [5.74, 6) is -0.419. The maximum Gasteiger partial charge on any atom is 0.249 e. The first kappa shape index (κ1) is 13.1. The normalized spacial score (nSPS) is 11.6. The molecule has 0 aliphatic rings. The van der Waals surface area contributed by atoms with Gasteiger partial charge < -0.3 is 10.6 Å². The number of rotatable bonds is 4. The summed E-state index contributed by atoms with van der Waals surface area (Å²) in [5.41, 5.74) is 7.74. The molecule has 4 nitrogen and oxygen atoms in total. The van der Waals surface area contributed by atoms with Gasteiger partial charge in [-0.25, -0.2) is 0 Å². The number of hydrogen-bond acceptors (Lipinski definition) is 3. The van der Waals surface area contributed by atoms with E-state index in [4.69, 9.17) is 10.6 Å². The van der Waals surface area contributed by atoms with Gasteiger partial charge in [0.1, 0.15) is 7.11 Å². The van der Waals surface area contributed by atoms with Gasteiger partial charge in [-0.15, -0.1) is 0 Å². The molecular formula is C15H16N2O2. The Kier molecular flexibility index (Phi) is 3.80. The molecule has 0 aromatic heterocycles. The molecular weight excluding hydrogens is 240 g/mol. The molecule has 0 aliphatic heterocycles. The van der Waals surface area contributed by atoms with Crippen molar-refractivity contribution in [1.29, 1.82) is 0 Å². The van der Waals surface area contributed by atoms with Gasteiger partial charge in [0.15, 0.2) is 0 Å². The van der Waals surface area contributed by atoms with Gasteiger partial charge in [0.05, 0.1) is 11.3 Å². The summed E-state index contributed by atoms with van der Waals surface area (Å²) >= 11 is 0. The maximum absolute atomic E-state index is 11.7. The van der Waals surface area contributed by atoms with Crippen LogP contribution in [0, 0.1) is 0 Å². The number of carbonyl (C=O) groups excluding carboxylic acids is 1. The third kappa shape index (κ3) is 2.73. The van der Waals surface area contributed by atoms with E-state index in [1.54, 1.807) is 0 Å². The molecule has 0 unspecified atom stereocenters. The molecule has 2 N–H and O–H groups in total. The quantitative estimate of drug-likeness (QED) is 0.674. The molecule has 0 radical (unpaired) electrons. The predicted octanol–water partition coefficient (Wildman–Crippen LogP) is 2.50. The number of benzene rings is 2. The van der Waals surface area contributed by atoms with E-state index in [0.717, 1.165) is 22.0 Å². The molecule has 0 aliphatic carbocycles. The van der Waals surface area contributed by atoms with Crippen molar-refractivity contribution in [3.63, 3.8) is 0 Å². The SMILES string of the molecule is CON=C(C)Cc1ccc2ccccc2c1C(N)=O. The van der Waals surface area contributed by atoms with Crippen molar-refractivity contribution >= 4 is 22.4 Å². The largest absolute Gasteiger partial charge is 0.399 e. The zero-order valence-electron chi connectivity index (χ0n) is 11.0. The zero-order chi connectivity index (χ0) is 13.8. The van der Waals surface area contributed by atoms with Crippen LogP contribution in [0.2, 0.25) is 0 Å². The van der Waals surface area contributed by atoms with Gasteiger partial charge in [-0.1, -0.05) is 41.6 Å². The summed E-state index contributed by atoms with van der Waals surface area (Å²) in [6.45, 7) is 1.85. The molecule has 0 saturated heterocycles. The lowest BCUT2D eigenvalue weighted by atomic mass is 9.95. The van der Waals surface area contributed by atoms with Crippen LogP contribution < -0.4 is 5.73 Å². The highest BCUT2D eigenvalue weighted by molar-refractivity contribution is 6.08. The summed E-state index contributed by atoms with van der Waals surface area (Å²) < 4.78 is 0.